The molecule has 3 aromatic carbocycles. The predicted octanol–water partition coefficient (Wildman–Crippen LogP) is 6.19. The van der Waals surface area contributed by atoms with Gasteiger partial charge in [0.2, 0.25) is 29.1 Å². The molecule has 37 heavy (non-hydrogen) atoms. The van der Waals surface area contributed by atoms with Gasteiger partial charge in [0.25, 0.3) is 0 Å². The summed E-state index contributed by atoms with van der Waals surface area (Å²) < 4.78 is 88.3. The van der Waals surface area contributed by atoms with Crippen molar-refractivity contribution >= 4 is 27.9 Å². The summed E-state index contributed by atoms with van der Waals surface area (Å²) in [7, 11) is 0. The van der Waals surface area contributed by atoms with Crippen molar-refractivity contribution in [3.63, 3.8) is 0 Å². The number of aryl methyl sites for hydroxylation is 1. The maximum Gasteiger partial charge on any atom is 0.349 e. The summed E-state index contributed by atoms with van der Waals surface area (Å²) in [6.07, 6.45) is 0. The molecule has 0 bridgehead atoms. The van der Waals surface area contributed by atoms with E-state index in [0.29, 0.717) is 27.9 Å². The van der Waals surface area contributed by atoms with Gasteiger partial charge in [0.15, 0.2) is 12.4 Å². The first-order chi connectivity index (χ1) is 17.6. The van der Waals surface area contributed by atoms with Crippen molar-refractivity contribution in [3.05, 3.63) is 93.6 Å². The number of fused-ring (bicyclic) bond motifs is 2. The van der Waals surface area contributed by atoms with E-state index in [2.05, 4.69) is 4.74 Å². The Kier molecular flexibility index (Phi) is 5.90. The van der Waals surface area contributed by atoms with E-state index < -0.39 is 53.0 Å². The molecule has 0 aliphatic heterocycles. The summed E-state index contributed by atoms with van der Waals surface area (Å²) >= 11 is 0. The van der Waals surface area contributed by atoms with Crippen LogP contribution < -0.4 is 15.1 Å². The fourth-order valence-corrected chi connectivity index (χ4v) is 3.71. The van der Waals surface area contributed by atoms with Crippen molar-refractivity contribution in [2.45, 2.75) is 6.92 Å². The number of carbonyl (C=O) groups is 1. The monoisotopic (exact) mass is 516 g/mol. The Labute approximate surface area is 203 Å². The van der Waals surface area contributed by atoms with Gasteiger partial charge in [-0.2, -0.15) is 8.78 Å². The lowest BCUT2D eigenvalue weighted by molar-refractivity contribution is -0.136. The Bertz CT molecular complexity index is 1710. The van der Waals surface area contributed by atoms with Crippen LogP contribution in [0.2, 0.25) is 0 Å². The first-order valence-corrected chi connectivity index (χ1v) is 10.6. The molecule has 0 aliphatic rings. The van der Waals surface area contributed by atoms with Gasteiger partial charge in [-0.05, 0) is 36.8 Å². The van der Waals surface area contributed by atoms with Gasteiger partial charge in [0.05, 0.1) is 0 Å². The average molecular weight is 516 g/mol. The van der Waals surface area contributed by atoms with Crippen molar-refractivity contribution < 1.29 is 45.1 Å². The zero-order valence-corrected chi connectivity index (χ0v) is 18.7. The first-order valence-electron chi connectivity index (χ1n) is 10.6. The quantitative estimate of drug-likeness (QED) is 0.0692. The Morgan fingerprint density at radius 3 is 2.22 bits per heavy atom. The Balaban J connectivity index is 1.46. The molecule has 0 fully saturated rings. The number of hydrogen-bond donors (Lipinski definition) is 0. The molecule has 0 N–H and O–H groups in total. The van der Waals surface area contributed by atoms with Crippen molar-refractivity contribution in [1.82, 2.24) is 0 Å². The van der Waals surface area contributed by atoms with E-state index in [4.69, 9.17) is 13.6 Å². The third-order valence-corrected chi connectivity index (χ3v) is 5.46. The highest BCUT2D eigenvalue weighted by atomic mass is 19.2. The summed E-state index contributed by atoms with van der Waals surface area (Å²) in [6, 6.07) is 12.9. The highest BCUT2D eigenvalue weighted by Gasteiger charge is 2.28. The summed E-state index contributed by atoms with van der Waals surface area (Å²) in [5.41, 5.74) is 0.767. The second kappa shape index (κ2) is 9.08. The summed E-state index contributed by atoms with van der Waals surface area (Å²) in [5.74, 6) is -13.7. The van der Waals surface area contributed by atoms with Crippen LogP contribution in [0.25, 0.3) is 33.3 Å². The molecule has 0 atom stereocenters. The predicted molar refractivity (Wildman–Crippen MR) is 120 cm³/mol. The first kappa shape index (κ1) is 24.0. The van der Waals surface area contributed by atoms with Crippen molar-refractivity contribution in [2.75, 3.05) is 6.61 Å². The number of carbonyl (C=O) groups excluding carboxylic acids is 1. The van der Waals surface area contributed by atoms with Crippen molar-refractivity contribution in [2.24, 2.45) is 0 Å². The molecule has 188 valence electrons. The van der Waals surface area contributed by atoms with Crippen LogP contribution in [0, 0.1) is 36.0 Å². The Morgan fingerprint density at radius 1 is 0.838 bits per heavy atom. The van der Waals surface area contributed by atoms with Gasteiger partial charge in [-0.25, -0.2) is 22.8 Å². The maximum atomic E-state index is 13.8. The molecule has 0 saturated heterocycles. The fraction of sp³-hybridized carbons (Fsp3) is 0.0769. The van der Waals surface area contributed by atoms with Crippen molar-refractivity contribution in [3.8, 4) is 22.8 Å². The molecule has 0 aliphatic carbocycles. The van der Waals surface area contributed by atoms with E-state index in [0.717, 1.165) is 5.39 Å². The maximum absolute atomic E-state index is 13.8. The van der Waals surface area contributed by atoms with Gasteiger partial charge in [0, 0.05) is 22.4 Å². The van der Waals surface area contributed by atoms with E-state index in [1.807, 2.05) is 12.1 Å². The number of hydrogen-bond acceptors (Lipinski definition) is 6. The van der Waals surface area contributed by atoms with Crippen LogP contribution in [0.3, 0.4) is 0 Å². The number of rotatable bonds is 5. The van der Waals surface area contributed by atoms with Crippen LogP contribution >= 0.6 is 0 Å². The van der Waals surface area contributed by atoms with Crippen molar-refractivity contribution in [1.29, 1.82) is 0 Å². The van der Waals surface area contributed by atoms with Gasteiger partial charge in [-0.1, -0.05) is 18.2 Å². The minimum Gasteiger partial charge on any atom is -0.476 e. The van der Waals surface area contributed by atoms with E-state index in [9.17, 15) is 31.5 Å². The molecule has 5 rings (SSSR count). The minimum atomic E-state index is -2.36. The van der Waals surface area contributed by atoms with Crippen LogP contribution in [-0.2, 0) is 4.79 Å². The molecule has 0 spiro atoms. The van der Waals surface area contributed by atoms with Gasteiger partial charge < -0.3 is 18.3 Å². The molecule has 0 unspecified atom stereocenters. The molecule has 0 radical (unpaired) electrons. The lowest BCUT2D eigenvalue weighted by atomic mass is 10.0. The third kappa shape index (κ3) is 4.28. The van der Waals surface area contributed by atoms with Crippen LogP contribution in [-0.4, -0.2) is 12.6 Å². The third-order valence-electron chi connectivity index (χ3n) is 5.46. The number of furan rings is 1. The van der Waals surface area contributed by atoms with Crippen LogP contribution in [0.5, 0.6) is 11.5 Å². The average Bonchev–Trinajstić information content (AvgIpc) is 3.31. The fourth-order valence-electron chi connectivity index (χ4n) is 3.71. The van der Waals surface area contributed by atoms with Crippen LogP contribution in [0.15, 0.2) is 62.2 Å². The normalized spacial score (nSPS) is 11.3. The molecule has 5 aromatic rings. The number of para-hydroxylation sites is 1. The topological polar surface area (TPSA) is 78.9 Å². The second-order valence-corrected chi connectivity index (χ2v) is 7.90. The van der Waals surface area contributed by atoms with Gasteiger partial charge in [-0.3, -0.25) is 0 Å². The lowest BCUT2D eigenvalue weighted by Crippen LogP contribution is -2.20. The summed E-state index contributed by atoms with van der Waals surface area (Å²) in [5, 5.41) is 1.12. The molecular weight excluding hydrogens is 503 g/mol. The zero-order chi connectivity index (χ0) is 26.4. The highest BCUT2D eigenvalue weighted by molar-refractivity contribution is 5.96. The van der Waals surface area contributed by atoms with E-state index >= 15 is 0 Å². The Morgan fingerprint density at radius 2 is 1.51 bits per heavy atom. The molecule has 0 saturated carbocycles. The van der Waals surface area contributed by atoms with E-state index in [1.165, 1.54) is 25.1 Å². The number of esters is 1. The highest BCUT2D eigenvalue weighted by Crippen LogP contribution is 2.35. The number of benzene rings is 3. The number of ether oxygens (including phenoxy) is 2. The lowest BCUT2D eigenvalue weighted by Gasteiger charge is -2.12. The molecule has 11 heteroatoms. The smallest absolute Gasteiger partial charge is 0.349 e. The van der Waals surface area contributed by atoms with Crippen LogP contribution in [0.1, 0.15) is 5.56 Å². The molecule has 2 heterocycles. The van der Waals surface area contributed by atoms with Gasteiger partial charge in [0.1, 0.15) is 22.7 Å². The van der Waals surface area contributed by atoms with Gasteiger partial charge >= 0.3 is 11.6 Å². The summed E-state index contributed by atoms with van der Waals surface area (Å²) in [4.78, 5) is 24.5. The second-order valence-electron chi connectivity index (χ2n) is 7.90. The van der Waals surface area contributed by atoms with Gasteiger partial charge in [-0.15, -0.1) is 0 Å². The van der Waals surface area contributed by atoms with E-state index in [-0.39, 0.29) is 11.3 Å². The Hall–Kier alpha value is -4.67. The standard InChI is InChI=1S/C26H13F5O6/c1-11-6-17-13(14(9-19(32)37-17)18-7-12-4-2-3-5-15(12)35-18)8-16(11)36-20(33)10-34-26-24(30)22(28)21(27)23(29)25(26)31/h2-9H,10H2,1H3. The summed E-state index contributed by atoms with van der Waals surface area (Å²) in [6.45, 7) is 0.358. The SMILES string of the molecule is Cc1cc2oc(=O)cc(-c3cc4ccccc4o3)c2cc1OC(=O)COc1c(F)c(F)c(F)c(F)c1F. The number of halogens is 5. The molecule has 2 aromatic heterocycles. The molecular formula is C26H13F5O6. The minimum absolute atomic E-state index is 0.0373. The largest absolute Gasteiger partial charge is 0.476 e. The zero-order valence-electron chi connectivity index (χ0n) is 18.7. The van der Waals surface area contributed by atoms with Crippen LogP contribution in [0.4, 0.5) is 22.0 Å². The molecule has 0 amide bonds. The molecule has 6 nitrogen and oxygen atoms in total. The van der Waals surface area contributed by atoms with E-state index in [1.54, 1.807) is 18.2 Å².